The lowest BCUT2D eigenvalue weighted by atomic mass is 9.93. The van der Waals surface area contributed by atoms with Gasteiger partial charge in [0.25, 0.3) is 0 Å². The first-order valence-corrected chi connectivity index (χ1v) is 6.92. The molecular weight excluding hydrogens is 204 g/mol. The average molecular weight is 228 g/mol. The van der Waals surface area contributed by atoms with Crippen LogP contribution in [0.2, 0.25) is 0 Å². The fourth-order valence-corrected chi connectivity index (χ4v) is 2.46. The van der Waals surface area contributed by atoms with Crippen LogP contribution in [0.25, 0.3) is 0 Å². The molecule has 0 radical (unpaired) electrons. The van der Waals surface area contributed by atoms with Gasteiger partial charge in [-0.25, -0.2) is 0 Å². The van der Waals surface area contributed by atoms with Gasteiger partial charge in [0.15, 0.2) is 0 Å². The highest BCUT2D eigenvalue weighted by Gasteiger charge is 2.15. The van der Waals surface area contributed by atoms with Crippen molar-refractivity contribution in [3.63, 3.8) is 0 Å². The molecule has 0 bridgehead atoms. The summed E-state index contributed by atoms with van der Waals surface area (Å²) in [4.78, 5) is 2.43. The standard InChI is InChI=1S/C12H24N2S/c1-5-14(6-2)8-10-15-9-7-12(3,4)11-13/h5-10H2,1-4H3. The molecule has 0 atom stereocenters. The first-order valence-electron chi connectivity index (χ1n) is 5.77. The Hall–Kier alpha value is -0.200. The molecule has 0 unspecified atom stereocenters. The van der Waals surface area contributed by atoms with Gasteiger partial charge >= 0.3 is 0 Å². The zero-order chi connectivity index (χ0) is 11.7. The van der Waals surface area contributed by atoms with E-state index < -0.39 is 0 Å². The van der Waals surface area contributed by atoms with Gasteiger partial charge < -0.3 is 4.90 Å². The second kappa shape index (κ2) is 8.01. The molecule has 0 spiro atoms. The first kappa shape index (κ1) is 14.8. The van der Waals surface area contributed by atoms with Crippen LogP contribution in [0.15, 0.2) is 0 Å². The van der Waals surface area contributed by atoms with Crippen molar-refractivity contribution in [1.82, 2.24) is 4.90 Å². The highest BCUT2D eigenvalue weighted by atomic mass is 32.2. The molecule has 0 saturated heterocycles. The summed E-state index contributed by atoms with van der Waals surface area (Å²) in [6.07, 6.45) is 0.992. The molecule has 0 aromatic heterocycles. The first-order chi connectivity index (χ1) is 7.05. The van der Waals surface area contributed by atoms with E-state index >= 15 is 0 Å². The fourth-order valence-electron chi connectivity index (χ4n) is 1.22. The molecule has 0 saturated carbocycles. The van der Waals surface area contributed by atoms with Crippen molar-refractivity contribution in [2.75, 3.05) is 31.1 Å². The molecule has 0 rings (SSSR count). The second-order valence-electron chi connectivity index (χ2n) is 4.38. The maximum absolute atomic E-state index is 8.85. The number of nitriles is 1. The maximum atomic E-state index is 8.85. The van der Waals surface area contributed by atoms with Gasteiger partial charge in [0.1, 0.15) is 0 Å². The summed E-state index contributed by atoms with van der Waals surface area (Å²) in [7, 11) is 0. The van der Waals surface area contributed by atoms with Crippen molar-refractivity contribution >= 4 is 11.8 Å². The van der Waals surface area contributed by atoms with E-state index in [2.05, 4.69) is 24.8 Å². The van der Waals surface area contributed by atoms with E-state index in [0.717, 1.165) is 25.3 Å². The predicted molar refractivity (Wildman–Crippen MR) is 69.1 cm³/mol. The van der Waals surface area contributed by atoms with E-state index in [1.807, 2.05) is 25.6 Å². The fraction of sp³-hybridized carbons (Fsp3) is 0.917. The Kier molecular flexibility index (Phi) is 7.90. The summed E-state index contributed by atoms with van der Waals surface area (Å²) in [5, 5.41) is 8.85. The van der Waals surface area contributed by atoms with Crippen LogP contribution in [-0.2, 0) is 0 Å². The molecular formula is C12H24N2S. The Morgan fingerprint density at radius 1 is 1.20 bits per heavy atom. The number of nitrogens with zero attached hydrogens (tertiary/aromatic N) is 2. The molecule has 0 aliphatic rings. The predicted octanol–water partition coefficient (Wildman–Crippen LogP) is 3.00. The van der Waals surface area contributed by atoms with E-state index in [4.69, 9.17) is 5.26 Å². The third kappa shape index (κ3) is 7.70. The molecule has 3 heteroatoms. The second-order valence-corrected chi connectivity index (χ2v) is 5.61. The summed E-state index contributed by atoms with van der Waals surface area (Å²) < 4.78 is 0. The Bertz CT molecular complexity index is 192. The summed E-state index contributed by atoms with van der Waals surface area (Å²) in [5.74, 6) is 2.28. The van der Waals surface area contributed by atoms with Crippen molar-refractivity contribution in [1.29, 1.82) is 5.26 Å². The summed E-state index contributed by atoms with van der Waals surface area (Å²) in [6.45, 7) is 11.9. The topological polar surface area (TPSA) is 27.0 Å². The molecule has 0 N–H and O–H groups in total. The van der Waals surface area contributed by atoms with Crippen LogP contribution in [0, 0.1) is 16.7 Å². The van der Waals surface area contributed by atoms with Crippen LogP contribution < -0.4 is 0 Å². The summed E-state index contributed by atoms with van der Waals surface area (Å²) in [5.41, 5.74) is -0.151. The Morgan fingerprint density at radius 2 is 1.80 bits per heavy atom. The largest absolute Gasteiger partial charge is 0.303 e. The highest BCUT2D eigenvalue weighted by Crippen LogP contribution is 2.21. The van der Waals surface area contributed by atoms with Crippen molar-refractivity contribution in [2.45, 2.75) is 34.1 Å². The quantitative estimate of drug-likeness (QED) is 0.598. The highest BCUT2D eigenvalue weighted by molar-refractivity contribution is 7.99. The van der Waals surface area contributed by atoms with E-state index in [1.54, 1.807) is 0 Å². The van der Waals surface area contributed by atoms with Gasteiger partial charge in [0.2, 0.25) is 0 Å². The Labute approximate surface area is 99.0 Å². The molecule has 0 heterocycles. The van der Waals surface area contributed by atoms with Gasteiger partial charge in [-0.05, 0) is 39.1 Å². The van der Waals surface area contributed by atoms with Gasteiger partial charge in [0.05, 0.1) is 11.5 Å². The number of hydrogen-bond donors (Lipinski definition) is 0. The molecule has 0 amide bonds. The molecule has 0 aromatic rings. The van der Waals surface area contributed by atoms with Gasteiger partial charge in [-0.1, -0.05) is 13.8 Å². The third-order valence-electron chi connectivity index (χ3n) is 2.62. The van der Waals surface area contributed by atoms with Crippen LogP contribution in [0.1, 0.15) is 34.1 Å². The number of thioether (sulfide) groups is 1. The number of hydrogen-bond acceptors (Lipinski definition) is 3. The van der Waals surface area contributed by atoms with Gasteiger partial charge in [-0.15, -0.1) is 0 Å². The molecule has 0 aliphatic carbocycles. The van der Waals surface area contributed by atoms with Gasteiger partial charge in [-0.2, -0.15) is 17.0 Å². The third-order valence-corrected chi connectivity index (χ3v) is 3.58. The minimum atomic E-state index is -0.151. The smallest absolute Gasteiger partial charge is 0.0684 e. The minimum absolute atomic E-state index is 0.151. The van der Waals surface area contributed by atoms with E-state index in [1.165, 1.54) is 12.3 Å². The molecule has 88 valence electrons. The molecule has 15 heavy (non-hydrogen) atoms. The van der Waals surface area contributed by atoms with Crippen LogP contribution in [0.4, 0.5) is 0 Å². The number of rotatable bonds is 8. The Morgan fingerprint density at radius 3 is 2.27 bits per heavy atom. The Balaban J connectivity index is 3.44. The van der Waals surface area contributed by atoms with E-state index in [9.17, 15) is 0 Å². The van der Waals surface area contributed by atoms with E-state index in [-0.39, 0.29) is 5.41 Å². The van der Waals surface area contributed by atoms with Gasteiger partial charge in [-0.3, -0.25) is 0 Å². The van der Waals surface area contributed by atoms with Crippen LogP contribution >= 0.6 is 11.8 Å². The zero-order valence-corrected chi connectivity index (χ0v) is 11.4. The SMILES string of the molecule is CCN(CC)CCSCCC(C)(C)C#N. The van der Waals surface area contributed by atoms with Crippen molar-refractivity contribution in [3.05, 3.63) is 0 Å². The average Bonchev–Trinajstić information content (AvgIpc) is 2.23. The monoisotopic (exact) mass is 228 g/mol. The van der Waals surface area contributed by atoms with Crippen LogP contribution in [-0.4, -0.2) is 36.0 Å². The van der Waals surface area contributed by atoms with Crippen LogP contribution in [0.3, 0.4) is 0 Å². The van der Waals surface area contributed by atoms with Crippen molar-refractivity contribution in [3.8, 4) is 6.07 Å². The lowest BCUT2D eigenvalue weighted by Gasteiger charge is -2.18. The van der Waals surface area contributed by atoms with Crippen LogP contribution in [0.5, 0.6) is 0 Å². The molecule has 0 fully saturated rings. The van der Waals surface area contributed by atoms with Gasteiger partial charge in [0, 0.05) is 12.3 Å². The summed E-state index contributed by atoms with van der Waals surface area (Å²) in [6, 6.07) is 2.34. The summed E-state index contributed by atoms with van der Waals surface area (Å²) >= 11 is 1.96. The molecule has 2 nitrogen and oxygen atoms in total. The lowest BCUT2D eigenvalue weighted by molar-refractivity contribution is 0.324. The normalized spacial score (nSPS) is 11.7. The van der Waals surface area contributed by atoms with Crippen molar-refractivity contribution in [2.24, 2.45) is 5.41 Å². The lowest BCUT2D eigenvalue weighted by Crippen LogP contribution is -2.25. The van der Waals surface area contributed by atoms with E-state index in [0.29, 0.717) is 0 Å². The minimum Gasteiger partial charge on any atom is -0.303 e. The maximum Gasteiger partial charge on any atom is 0.0684 e. The van der Waals surface area contributed by atoms with Crippen molar-refractivity contribution < 1.29 is 0 Å². The molecule has 0 aromatic carbocycles. The molecule has 0 aliphatic heterocycles. The zero-order valence-electron chi connectivity index (χ0n) is 10.5.